The van der Waals surface area contributed by atoms with Crippen molar-refractivity contribution in [3.8, 4) is 0 Å². The number of phosphoric acid groups is 1. The fraction of sp³-hybridized carbons (Fsp3) is 0.878. The van der Waals surface area contributed by atoms with Crippen LogP contribution in [0.4, 0.5) is 0 Å². The lowest BCUT2D eigenvalue weighted by atomic mass is 10.0. The van der Waals surface area contributed by atoms with Gasteiger partial charge in [-0.3, -0.25) is 13.8 Å². The van der Waals surface area contributed by atoms with Crippen molar-refractivity contribution in [1.82, 2.24) is 5.32 Å². The largest absolute Gasteiger partial charge is 0.472 e. The smallest absolute Gasteiger partial charge is 0.387 e. The molecule has 0 aliphatic heterocycles. The molecular formula is C74H144N2O6P+. The summed E-state index contributed by atoms with van der Waals surface area (Å²) in [6.45, 7) is 4.84. The van der Waals surface area contributed by atoms with Gasteiger partial charge in [-0.15, -0.1) is 0 Å². The van der Waals surface area contributed by atoms with Crippen molar-refractivity contribution < 1.29 is 32.9 Å². The molecule has 3 N–H and O–H groups in total. The highest BCUT2D eigenvalue weighted by atomic mass is 31.2. The van der Waals surface area contributed by atoms with Crippen LogP contribution < -0.4 is 5.32 Å². The summed E-state index contributed by atoms with van der Waals surface area (Å²) < 4.78 is 23.8. The van der Waals surface area contributed by atoms with Crippen LogP contribution in [0.1, 0.15) is 367 Å². The van der Waals surface area contributed by atoms with Crippen LogP contribution in [0.15, 0.2) is 48.6 Å². The first-order valence-electron chi connectivity index (χ1n) is 36.5. The minimum absolute atomic E-state index is 0.0543. The molecule has 0 aromatic carbocycles. The van der Waals surface area contributed by atoms with Gasteiger partial charge in [-0.05, 0) is 70.6 Å². The topological polar surface area (TPSA) is 105 Å². The van der Waals surface area contributed by atoms with E-state index in [9.17, 15) is 19.4 Å². The number of nitrogens with one attached hydrogen (secondary N) is 1. The average molecular weight is 1190 g/mol. The summed E-state index contributed by atoms with van der Waals surface area (Å²) in [5.74, 6) is -0.185. The molecule has 0 aromatic heterocycles. The van der Waals surface area contributed by atoms with Crippen LogP contribution in [0.5, 0.6) is 0 Å². The molecule has 0 bridgehead atoms. The number of nitrogens with zero attached hydrogens (tertiary/aromatic N) is 1. The second-order valence-electron chi connectivity index (χ2n) is 26.3. The lowest BCUT2D eigenvalue weighted by Gasteiger charge is -2.25. The fourth-order valence-corrected chi connectivity index (χ4v) is 11.8. The van der Waals surface area contributed by atoms with Crippen molar-refractivity contribution in [3.63, 3.8) is 0 Å². The van der Waals surface area contributed by atoms with Gasteiger partial charge in [0.1, 0.15) is 13.2 Å². The maximum atomic E-state index is 13.1. The maximum absolute atomic E-state index is 13.1. The summed E-state index contributed by atoms with van der Waals surface area (Å²) in [5.41, 5.74) is 0. The Morgan fingerprint density at radius 3 is 0.964 bits per heavy atom. The van der Waals surface area contributed by atoms with E-state index in [1.807, 2.05) is 27.2 Å². The molecule has 0 aliphatic rings. The number of aliphatic hydroxyl groups is 1. The molecule has 0 saturated heterocycles. The van der Waals surface area contributed by atoms with Gasteiger partial charge in [-0.25, -0.2) is 4.57 Å². The van der Waals surface area contributed by atoms with Crippen molar-refractivity contribution >= 4 is 13.7 Å². The predicted octanol–water partition coefficient (Wildman–Crippen LogP) is 23.4. The third-order valence-electron chi connectivity index (χ3n) is 16.7. The van der Waals surface area contributed by atoms with E-state index in [2.05, 4.69) is 55.6 Å². The third-order valence-corrected chi connectivity index (χ3v) is 17.7. The second kappa shape index (κ2) is 64.9. The van der Waals surface area contributed by atoms with Crippen molar-refractivity contribution in [2.24, 2.45) is 0 Å². The number of allylic oxidation sites excluding steroid dienone is 7. The molecule has 490 valence electrons. The summed E-state index contributed by atoms with van der Waals surface area (Å²) >= 11 is 0. The Kier molecular flexibility index (Phi) is 63.7. The number of quaternary nitrogens is 1. The molecule has 3 unspecified atom stereocenters. The second-order valence-corrected chi connectivity index (χ2v) is 27.8. The van der Waals surface area contributed by atoms with E-state index < -0.39 is 20.0 Å². The number of phosphoric ester groups is 1. The number of hydrogen-bond acceptors (Lipinski definition) is 5. The van der Waals surface area contributed by atoms with Crippen LogP contribution in [0.25, 0.3) is 0 Å². The molecule has 0 rings (SSSR count). The lowest BCUT2D eigenvalue weighted by Crippen LogP contribution is -2.45. The molecule has 3 atom stereocenters. The Morgan fingerprint density at radius 1 is 0.398 bits per heavy atom. The zero-order chi connectivity index (χ0) is 60.5. The van der Waals surface area contributed by atoms with Crippen LogP contribution in [-0.2, 0) is 18.4 Å². The third kappa shape index (κ3) is 67.8. The summed E-state index contributed by atoms with van der Waals surface area (Å²) in [6.07, 6.45) is 88.6. The molecule has 9 heteroatoms. The molecule has 0 radical (unpaired) electrons. The maximum Gasteiger partial charge on any atom is 0.472 e. The highest BCUT2D eigenvalue weighted by molar-refractivity contribution is 7.47. The quantitative estimate of drug-likeness (QED) is 0.0243. The highest BCUT2D eigenvalue weighted by Gasteiger charge is 2.28. The normalized spacial score (nSPS) is 13.9. The Morgan fingerprint density at radius 2 is 0.663 bits per heavy atom. The number of carbonyl (C=O) groups excluding carboxylic acids is 1. The summed E-state index contributed by atoms with van der Waals surface area (Å²) in [6, 6.07) is -0.872. The van der Waals surface area contributed by atoms with Gasteiger partial charge in [0.2, 0.25) is 5.91 Å². The Balaban J connectivity index is 4.09. The molecule has 0 heterocycles. The van der Waals surface area contributed by atoms with Crippen LogP contribution in [-0.4, -0.2) is 73.4 Å². The van der Waals surface area contributed by atoms with Crippen LogP contribution in [0.3, 0.4) is 0 Å². The van der Waals surface area contributed by atoms with E-state index in [-0.39, 0.29) is 19.1 Å². The van der Waals surface area contributed by atoms with Crippen LogP contribution in [0.2, 0.25) is 0 Å². The number of unbranched alkanes of at least 4 members (excludes halogenated alkanes) is 49. The number of amides is 1. The van der Waals surface area contributed by atoms with E-state index in [0.717, 1.165) is 44.9 Å². The van der Waals surface area contributed by atoms with Crippen LogP contribution >= 0.6 is 7.82 Å². The van der Waals surface area contributed by atoms with Crippen molar-refractivity contribution in [2.45, 2.75) is 379 Å². The van der Waals surface area contributed by atoms with Crippen LogP contribution in [0, 0.1) is 0 Å². The molecule has 0 spiro atoms. The van der Waals surface area contributed by atoms with E-state index in [4.69, 9.17) is 9.05 Å². The predicted molar refractivity (Wildman–Crippen MR) is 364 cm³/mol. The number of rotatable bonds is 68. The van der Waals surface area contributed by atoms with Gasteiger partial charge >= 0.3 is 7.82 Å². The van der Waals surface area contributed by atoms with Gasteiger partial charge in [0, 0.05) is 6.42 Å². The molecule has 0 aromatic rings. The molecule has 8 nitrogen and oxygen atoms in total. The number of aliphatic hydroxyl groups excluding tert-OH is 1. The summed E-state index contributed by atoms with van der Waals surface area (Å²) in [5, 5.41) is 14.0. The van der Waals surface area contributed by atoms with Gasteiger partial charge in [-0.1, -0.05) is 339 Å². The molecule has 0 fully saturated rings. The number of carbonyl (C=O) groups is 1. The average Bonchev–Trinajstić information content (AvgIpc) is 3.50. The van der Waals surface area contributed by atoms with E-state index >= 15 is 0 Å². The van der Waals surface area contributed by atoms with E-state index in [0.29, 0.717) is 17.4 Å². The highest BCUT2D eigenvalue weighted by Crippen LogP contribution is 2.43. The molecular weight excluding hydrogens is 1040 g/mol. The minimum atomic E-state index is -4.37. The number of hydrogen-bond donors (Lipinski definition) is 3. The van der Waals surface area contributed by atoms with Gasteiger partial charge < -0.3 is 19.8 Å². The standard InChI is InChI=1S/C74H143N2O6P/c1-6-8-10-12-14-16-18-20-22-24-26-28-30-32-34-36-37-38-40-41-43-45-47-49-51-53-55-57-59-61-63-65-67-73(77)72(71-82-83(79,80)81-70-69-76(3,4)5)75-74(78)68-66-64-62-60-58-56-54-52-50-48-46-44-42-39-35-33-31-29-27-25-23-21-19-17-15-13-11-9-7-2/h25,27,49,51,57,59,65,67,72-73,77H,6-24,26,28-48,50,52-56,58,60-64,66,68-71H2,1-5H3,(H-,75,78,79,80)/p+1/b27-25-,51-49+,59-57+,67-65+. The first-order chi connectivity index (χ1) is 40.5. The molecule has 83 heavy (non-hydrogen) atoms. The Labute approximate surface area is 518 Å². The Hall–Kier alpha value is -1.54. The zero-order valence-electron chi connectivity index (χ0n) is 56.2. The minimum Gasteiger partial charge on any atom is -0.387 e. The first-order valence-corrected chi connectivity index (χ1v) is 38.0. The van der Waals surface area contributed by atoms with Crippen molar-refractivity contribution in [1.29, 1.82) is 0 Å². The molecule has 0 saturated carbocycles. The zero-order valence-corrected chi connectivity index (χ0v) is 57.1. The lowest BCUT2D eigenvalue weighted by molar-refractivity contribution is -0.870. The first kappa shape index (κ1) is 81.5. The molecule has 1 amide bonds. The van der Waals surface area contributed by atoms with Crippen molar-refractivity contribution in [2.75, 3.05) is 40.9 Å². The Bertz CT molecular complexity index is 1490. The molecule has 0 aliphatic carbocycles. The summed E-state index contributed by atoms with van der Waals surface area (Å²) in [7, 11) is 1.56. The monoisotopic (exact) mass is 1190 g/mol. The van der Waals surface area contributed by atoms with Gasteiger partial charge in [-0.2, -0.15) is 0 Å². The SMILES string of the molecule is CCCCCCCCCC/C=C\CCCCCCCCCCCCCCCCCCCC(=O)NC(COP(=O)(O)OCC[N+](C)(C)C)C(O)/C=C/CC/C=C/CC/C=C/CCCCCCCCCCCCCCCCCCCCCCCC. The summed E-state index contributed by atoms with van der Waals surface area (Å²) in [4.78, 5) is 23.4. The number of likely N-dealkylation sites (N-methyl/N-ethyl adjacent to an activating group) is 1. The van der Waals surface area contributed by atoms with Crippen molar-refractivity contribution in [3.05, 3.63) is 48.6 Å². The van der Waals surface area contributed by atoms with Gasteiger partial charge in [0.25, 0.3) is 0 Å². The van der Waals surface area contributed by atoms with Gasteiger partial charge in [0.05, 0.1) is 39.9 Å². The fourth-order valence-electron chi connectivity index (χ4n) is 11.1. The van der Waals surface area contributed by atoms with Gasteiger partial charge in [0.15, 0.2) is 0 Å². The van der Waals surface area contributed by atoms with E-state index in [1.54, 1.807) is 6.08 Å². The van der Waals surface area contributed by atoms with E-state index in [1.165, 1.54) is 302 Å².